The molecule has 0 saturated carbocycles. The molecule has 3 aromatic rings. The van der Waals surface area contributed by atoms with Gasteiger partial charge in [0.25, 0.3) is 0 Å². The number of fused-ring (bicyclic) bond motifs is 1. The van der Waals surface area contributed by atoms with Gasteiger partial charge in [0.1, 0.15) is 23.1 Å². The fraction of sp³-hybridized carbons (Fsp3) is 0.458. The molecule has 0 aliphatic carbocycles. The maximum Gasteiger partial charge on any atom is 0.414 e. The monoisotopic (exact) mass is 601 g/mol. The van der Waals surface area contributed by atoms with E-state index in [1.165, 1.54) is 38.0 Å². The van der Waals surface area contributed by atoms with Gasteiger partial charge in [-0.25, -0.2) is 9.78 Å². The summed E-state index contributed by atoms with van der Waals surface area (Å²) in [6, 6.07) is -3.84. The largest absolute Gasteiger partial charge is 0.494 e. The molecule has 0 aliphatic heterocycles. The van der Waals surface area contributed by atoms with E-state index in [1.807, 2.05) is 0 Å². The van der Waals surface area contributed by atoms with Gasteiger partial charge < -0.3 is 24.7 Å². The molecule has 0 unspecified atom stereocenters. The van der Waals surface area contributed by atoms with Crippen molar-refractivity contribution in [3.63, 3.8) is 0 Å². The lowest BCUT2D eigenvalue weighted by Gasteiger charge is -2.34. The number of methoxy groups -OCH3 is 2. The molecule has 226 valence electrons. The Kier molecular flexibility index (Phi) is 9.17. The molecule has 41 heavy (non-hydrogen) atoms. The lowest BCUT2D eigenvalue weighted by molar-refractivity contribution is -0.182. The molecule has 2 aromatic heterocycles. The number of aromatic nitrogens is 3. The van der Waals surface area contributed by atoms with Crippen molar-refractivity contribution in [3.05, 3.63) is 36.4 Å². The summed E-state index contributed by atoms with van der Waals surface area (Å²) in [6.07, 6.45) is -16.8. The van der Waals surface area contributed by atoms with Crippen molar-refractivity contribution in [2.45, 2.75) is 50.4 Å². The Morgan fingerprint density at radius 3 is 2.17 bits per heavy atom. The number of H-pyrrole nitrogens is 1. The molecule has 2 N–H and O–H groups in total. The van der Waals surface area contributed by atoms with Crippen LogP contribution in [0, 0.1) is 0 Å². The van der Waals surface area contributed by atoms with Crippen LogP contribution in [0.3, 0.4) is 0 Å². The van der Waals surface area contributed by atoms with Gasteiger partial charge in [0.2, 0.25) is 0 Å². The number of urea groups is 1. The van der Waals surface area contributed by atoms with Crippen LogP contribution in [0.15, 0.2) is 30.7 Å². The predicted molar refractivity (Wildman–Crippen MR) is 127 cm³/mol. The first-order valence-corrected chi connectivity index (χ1v) is 11.8. The number of hydrogen-bond donors (Lipinski definition) is 2. The van der Waals surface area contributed by atoms with Gasteiger partial charge in [0.05, 0.1) is 38.0 Å². The predicted octanol–water partition coefficient (Wildman–Crippen LogP) is 6.55. The van der Waals surface area contributed by atoms with Crippen molar-refractivity contribution < 1.29 is 53.8 Å². The van der Waals surface area contributed by atoms with Gasteiger partial charge in [0.15, 0.2) is 6.04 Å². The van der Waals surface area contributed by atoms with Crippen molar-refractivity contribution in [1.29, 1.82) is 0 Å². The number of halogens is 9. The van der Waals surface area contributed by atoms with E-state index in [-0.39, 0.29) is 27.5 Å². The van der Waals surface area contributed by atoms with Gasteiger partial charge in [-0.3, -0.25) is 4.98 Å². The fourth-order valence-corrected chi connectivity index (χ4v) is 4.13. The van der Waals surface area contributed by atoms with Crippen molar-refractivity contribution in [2.24, 2.45) is 0 Å². The highest BCUT2D eigenvalue weighted by molar-refractivity contribution is 5.88. The molecule has 3 rings (SSSR count). The van der Waals surface area contributed by atoms with Crippen LogP contribution in [-0.4, -0.2) is 71.2 Å². The van der Waals surface area contributed by atoms with Crippen molar-refractivity contribution in [2.75, 3.05) is 20.8 Å². The summed E-state index contributed by atoms with van der Waals surface area (Å²) >= 11 is 0. The zero-order chi connectivity index (χ0) is 30.8. The van der Waals surface area contributed by atoms with Crippen LogP contribution in [0.25, 0.3) is 22.2 Å². The van der Waals surface area contributed by atoms with E-state index in [4.69, 9.17) is 9.47 Å². The minimum atomic E-state index is -5.36. The summed E-state index contributed by atoms with van der Waals surface area (Å²) in [7, 11) is 2.58. The van der Waals surface area contributed by atoms with Crippen molar-refractivity contribution >= 4 is 17.1 Å². The Labute approximate surface area is 226 Å². The summed E-state index contributed by atoms with van der Waals surface area (Å²) in [6.45, 7) is 0.301. The van der Waals surface area contributed by atoms with Gasteiger partial charge >= 0.3 is 24.6 Å². The number of alkyl halides is 9. The Morgan fingerprint density at radius 1 is 0.976 bits per heavy atom. The van der Waals surface area contributed by atoms with Crippen LogP contribution in [0.5, 0.6) is 11.5 Å². The number of carbonyl (C=O) groups is 1. The Hall–Kier alpha value is -3.92. The van der Waals surface area contributed by atoms with E-state index in [9.17, 15) is 44.3 Å². The molecular formula is C24H24F9N5O3. The Balaban J connectivity index is 2.06. The molecule has 0 radical (unpaired) electrons. The third-order valence-electron chi connectivity index (χ3n) is 6.04. The van der Waals surface area contributed by atoms with E-state index in [0.29, 0.717) is 11.0 Å². The highest BCUT2D eigenvalue weighted by atomic mass is 19.4. The highest BCUT2D eigenvalue weighted by Gasteiger charge is 2.49. The van der Waals surface area contributed by atoms with Gasteiger partial charge in [-0.2, -0.15) is 39.5 Å². The molecule has 8 nitrogen and oxygen atoms in total. The van der Waals surface area contributed by atoms with Crippen LogP contribution in [-0.2, 0) is 0 Å². The summed E-state index contributed by atoms with van der Waals surface area (Å²) in [5.41, 5.74) is 0.455. The Morgan fingerprint density at radius 2 is 1.63 bits per heavy atom. The summed E-state index contributed by atoms with van der Waals surface area (Å²) in [5.74, 6) is 0.283. The number of benzene rings is 1. The van der Waals surface area contributed by atoms with E-state index in [1.54, 1.807) is 0 Å². The molecule has 17 heteroatoms. The van der Waals surface area contributed by atoms with Gasteiger partial charge in [-0.05, 0) is 37.1 Å². The van der Waals surface area contributed by atoms with Crippen molar-refractivity contribution in [1.82, 2.24) is 25.2 Å². The molecule has 2 amide bonds. The minimum absolute atomic E-state index is 0.0175. The van der Waals surface area contributed by atoms with Gasteiger partial charge in [-0.1, -0.05) is 0 Å². The molecule has 2 atom stereocenters. The van der Waals surface area contributed by atoms with Crippen LogP contribution < -0.4 is 14.8 Å². The minimum Gasteiger partial charge on any atom is -0.494 e. The van der Waals surface area contributed by atoms with Crippen molar-refractivity contribution in [3.8, 4) is 22.6 Å². The number of imidazole rings is 1. The second-order valence-electron chi connectivity index (χ2n) is 8.71. The number of hydrogen-bond acceptors (Lipinski definition) is 5. The maximum absolute atomic E-state index is 14.4. The van der Waals surface area contributed by atoms with E-state index >= 15 is 0 Å². The first-order chi connectivity index (χ1) is 19.0. The average molecular weight is 601 g/mol. The first-order valence-electron chi connectivity index (χ1n) is 11.8. The number of pyridine rings is 1. The molecule has 0 fully saturated rings. The van der Waals surface area contributed by atoms with E-state index in [0.717, 1.165) is 19.2 Å². The number of ether oxygens (including phenoxy) is 2. The highest BCUT2D eigenvalue weighted by Crippen LogP contribution is 2.41. The van der Waals surface area contributed by atoms with Crippen LogP contribution in [0.4, 0.5) is 44.3 Å². The van der Waals surface area contributed by atoms with Crippen LogP contribution in [0.2, 0.25) is 0 Å². The summed E-state index contributed by atoms with van der Waals surface area (Å²) in [4.78, 5) is 23.5. The lowest BCUT2D eigenvalue weighted by Crippen LogP contribution is -2.53. The van der Waals surface area contributed by atoms with Crippen LogP contribution in [0.1, 0.15) is 31.5 Å². The average Bonchev–Trinajstić information content (AvgIpc) is 3.35. The molecule has 1 aromatic carbocycles. The lowest BCUT2D eigenvalue weighted by atomic mass is 10.0. The summed E-state index contributed by atoms with van der Waals surface area (Å²) in [5, 5.41) is 1.29. The number of nitrogens with one attached hydrogen (secondary N) is 2. The first kappa shape index (κ1) is 31.6. The molecule has 0 bridgehead atoms. The molecule has 2 heterocycles. The summed E-state index contributed by atoms with van der Waals surface area (Å²) < 4.78 is 132. The smallest absolute Gasteiger partial charge is 0.414 e. The fourth-order valence-electron chi connectivity index (χ4n) is 4.13. The molecule has 0 aliphatic rings. The topological polar surface area (TPSA) is 92.4 Å². The SMILES string of the molecule is CCN(C(=O)N[C@@H](CCC(F)(F)F)C(F)(F)F)[C@@H](c1cc(-c2cc(OC)c3nc[nH]c3c2)c(OC)cn1)C(F)(F)F. The second-order valence-corrected chi connectivity index (χ2v) is 8.71. The number of aromatic amines is 1. The Bertz CT molecular complexity index is 1360. The molecule has 0 saturated heterocycles. The quantitative estimate of drug-likeness (QED) is 0.272. The van der Waals surface area contributed by atoms with E-state index in [2.05, 4.69) is 15.0 Å². The van der Waals surface area contributed by atoms with Gasteiger partial charge in [0, 0.05) is 18.5 Å². The number of rotatable bonds is 9. The number of nitrogens with zero attached hydrogens (tertiary/aromatic N) is 3. The third-order valence-corrected chi connectivity index (χ3v) is 6.04. The van der Waals surface area contributed by atoms with Gasteiger partial charge in [-0.15, -0.1) is 0 Å². The third kappa shape index (κ3) is 7.43. The maximum atomic E-state index is 14.4. The second kappa shape index (κ2) is 11.9. The standard InChI is InChI=1S/C24H24F9N5O3/c1-4-38(21(39)37-18(23(28,29)30)5-6-22(25,26)27)20(24(31,32)33)15-9-13(17(41-3)10-34-15)12-7-14-19(36-11-35-14)16(8-12)40-2/h7-11,18,20H,4-6H2,1-3H3,(H,35,36)(H,37,39)/t18-,20-/m0/s1. The number of carbonyl (C=O) groups excluding carboxylic acids is 1. The normalized spacial score (nSPS) is 14.0. The van der Waals surface area contributed by atoms with E-state index < -0.39 is 61.7 Å². The molecular weight excluding hydrogens is 577 g/mol. The van der Waals surface area contributed by atoms with Crippen LogP contribution >= 0.6 is 0 Å². The molecule has 0 spiro atoms. The zero-order valence-electron chi connectivity index (χ0n) is 21.6. The number of amides is 2. The zero-order valence-corrected chi connectivity index (χ0v) is 21.6.